The average Bonchev–Trinajstić information content (AvgIpc) is 3.69. The third-order valence-corrected chi connectivity index (χ3v) is 9.33. The molecule has 0 spiro atoms. The van der Waals surface area contributed by atoms with Gasteiger partial charge >= 0.3 is 21.1 Å². The van der Waals surface area contributed by atoms with Crippen LogP contribution in [-0.2, 0) is 21.1 Å². The molecule has 3 heterocycles. The Hall–Kier alpha value is -5.07. The monoisotopic (exact) mass is 885 g/mol. The maximum absolute atomic E-state index is 6.62. The SMILES string of the molecule is CCN(CC)c1nn(-c2[c-]c(Oc3[c-]c4c(cc3)c3ccccc3n4-c3cc(OC(C)C)ccn3)cc(C)c2)c(N(CC)CC)c1-c1ccccc1.[Pt+2]. The number of hydrogen-bond acceptors (Lipinski definition) is 6. The van der Waals surface area contributed by atoms with Crippen LogP contribution >= 0.6 is 0 Å². The molecule has 0 saturated heterocycles. The normalized spacial score (nSPS) is 11.2. The second-order valence-corrected chi connectivity index (χ2v) is 13.1. The first-order valence-electron chi connectivity index (χ1n) is 18.3. The average molecular weight is 886 g/mol. The number of rotatable bonds is 13. The summed E-state index contributed by atoms with van der Waals surface area (Å²) in [4.78, 5) is 9.44. The molecule has 0 unspecified atom stereocenters. The topological polar surface area (TPSA) is 60.6 Å². The van der Waals surface area contributed by atoms with Crippen molar-refractivity contribution < 1.29 is 30.5 Å². The summed E-state index contributed by atoms with van der Waals surface area (Å²) in [5, 5.41) is 7.50. The standard InChI is InChI=1S/C44H46N6O2.Pt/c1-8-47(9-2)43-42(32-17-13-12-14-18-32)44(48(10-3)11-4)50(46-43)33-25-31(7)26-36(27-33)52-34-21-22-38-37-19-15-16-20-39(37)49(40(38)28-34)41-29-35(23-24-45-41)51-30(5)6;/h12-26,29-30H,8-11H2,1-7H3;/q-2;+2. The van der Waals surface area contributed by atoms with Gasteiger partial charge in [0.15, 0.2) is 5.82 Å². The molecule has 7 aromatic rings. The molecule has 0 N–H and O–H groups in total. The van der Waals surface area contributed by atoms with Crippen LogP contribution in [0, 0.1) is 19.1 Å². The molecule has 0 bridgehead atoms. The van der Waals surface area contributed by atoms with Gasteiger partial charge in [0.05, 0.1) is 11.7 Å². The third kappa shape index (κ3) is 7.43. The predicted molar refractivity (Wildman–Crippen MR) is 213 cm³/mol. The predicted octanol–water partition coefficient (Wildman–Crippen LogP) is 10.2. The molecule has 53 heavy (non-hydrogen) atoms. The van der Waals surface area contributed by atoms with Crippen molar-refractivity contribution in [1.29, 1.82) is 0 Å². The Morgan fingerprint density at radius 3 is 2.19 bits per heavy atom. The van der Waals surface area contributed by atoms with Crippen molar-refractivity contribution in [3.8, 4) is 39.9 Å². The fourth-order valence-corrected chi connectivity index (χ4v) is 6.98. The van der Waals surface area contributed by atoms with E-state index in [1.165, 1.54) is 0 Å². The molecule has 7 rings (SSSR count). The van der Waals surface area contributed by atoms with Crippen molar-refractivity contribution in [3.63, 3.8) is 0 Å². The van der Waals surface area contributed by atoms with E-state index in [1.807, 2.05) is 48.9 Å². The van der Waals surface area contributed by atoms with Gasteiger partial charge in [-0.2, -0.15) is 11.6 Å². The van der Waals surface area contributed by atoms with E-state index in [4.69, 9.17) is 19.6 Å². The summed E-state index contributed by atoms with van der Waals surface area (Å²) in [6, 6.07) is 38.2. The minimum atomic E-state index is 0. The summed E-state index contributed by atoms with van der Waals surface area (Å²) in [6.07, 6.45) is 1.84. The molecule has 0 atom stereocenters. The number of aromatic nitrogens is 4. The van der Waals surface area contributed by atoms with Gasteiger partial charge in [0.25, 0.3) is 0 Å². The third-order valence-electron chi connectivity index (χ3n) is 9.33. The van der Waals surface area contributed by atoms with E-state index in [9.17, 15) is 0 Å². The van der Waals surface area contributed by atoms with E-state index >= 15 is 0 Å². The van der Waals surface area contributed by atoms with Gasteiger partial charge in [-0.05, 0) is 70.3 Å². The zero-order valence-electron chi connectivity index (χ0n) is 31.5. The van der Waals surface area contributed by atoms with Gasteiger partial charge in [-0.15, -0.1) is 40.8 Å². The summed E-state index contributed by atoms with van der Waals surface area (Å²) < 4.78 is 16.8. The molecule has 0 saturated carbocycles. The number of aryl methyl sites for hydroxylation is 1. The summed E-state index contributed by atoms with van der Waals surface area (Å²) in [5.41, 5.74) is 6.01. The first-order chi connectivity index (χ1) is 25.3. The summed E-state index contributed by atoms with van der Waals surface area (Å²) in [6.45, 7) is 18.2. The van der Waals surface area contributed by atoms with Crippen molar-refractivity contribution in [2.75, 3.05) is 36.0 Å². The quantitative estimate of drug-likeness (QED) is 0.108. The van der Waals surface area contributed by atoms with Gasteiger partial charge in [0, 0.05) is 55.5 Å². The Bertz CT molecular complexity index is 2320. The van der Waals surface area contributed by atoms with Gasteiger partial charge in [-0.3, -0.25) is 0 Å². The number of ether oxygens (including phenoxy) is 2. The van der Waals surface area contributed by atoms with Gasteiger partial charge in [0.2, 0.25) is 0 Å². The first-order valence-corrected chi connectivity index (χ1v) is 18.3. The fourth-order valence-electron chi connectivity index (χ4n) is 6.98. The molecule has 274 valence electrons. The second kappa shape index (κ2) is 16.3. The van der Waals surface area contributed by atoms with Crippen LogP contribution in [0.5, 0.6) is 17.2 Å². The molecular weight excluding hydrogens is 840 g/mol. The number of hydrogen-bond donors (Lipinski definition) is 0. The van der Waals surface area contributed by atoms with E-state index in [2.05, 4.69) is 122 Å². The number of anilines is 2. The van der Waals surface area contributed by atoms with Crippen molar-refractivity contribution in [2.45, 2.75) is 54.6 Å². The van der Waals surface area contributed by atoms with E-state index in [-0.39, 0.29) is 27.2 Å². The molecular formula is C44H46N6O2Pt. The van der Waals surface area contributed by atoms with Crippen LogP contribution < -0.4 is 19.3 Å². The Labute approximate surface area is 327 Å². The van der Waals surface area contributed by atoms with E-state index in [0.717, 1.165) is 93.6 Å². The Kier molecular flexibility index (Phi) is 11.6. The van der Waals surface area contributed by atoms with Gasteiger partial charge in [-0.25, -0.2) is 9.67 Å². The fraction of sp³-hybridized carbons (Fsp3) is 0.273. The molecule has 8 nitrogen and oxygen atoms in total. The van der Waals surface area contributed by atoms with Crippen LogP contribution in [-0.4, -0.2) is 51.6 Å². The van der Waals surface area contributed by atoms with Crippen LogP contribution in [0.4, 0.5) is 11.6 Å². The van der Waals surface area contributed by atoms with Crippen LogP contribution in [0.15, 0.2) is 97.2 Å². The molecule has 0 fully saturated rings. The molecule has 0 radical (unpaired) electrons. The van der Waals surface area contributed by atoms with Crippen LogP contribution in [0.25, 0.3) is 44.4 Å². The number of benzene rings is 4. The minimum Gasteiger partial charge on any atom is -0.509 e. The van der Waals surface area contributed by atoms with Crippen LogP contribution in [0.3, 0.4) is 0 Å². The molecule has 0 aliphatic heterocycles. The molecule has 3 aromatic heterocycles. The van der Waals surface area contributed by atoms with Gasteiger partial charge in [-0.1, -0.05) is 61.0 Å². The maximum atomic E-state index is 6.62. The second-order valence-electron chi connectivity index (χ2n) is 13.1. The van der Waals surface area contributed by atoms with Crippen molar-refractivity contribution in [1.82, 2.24) is 19.3 Å². The van der Waals surface area contributed by atoms with E-state index < -0.39 is 0 Å². The molecule has 0 aliphatic rings. The molecule has 0 aliphatic carbocycles. The Morgan fingerprint density at radius 2 is 1.47 bits per heavy atom. The molecule has 9 heteroatoms. The van der Waals surface area contributed by atoms with Crippen LogP contribution in [0.2, 0.25) is 0 Å². The van der Waals surface area contributed by atoms with E-state index in [0.29, 0.717) is 11.5 Å². The molecule has 4 aromatic carbocycles. The van der Waals surface area contributed by atoms with Crippen molar-refractivity contribution in [2.24, 2.45) is 0 Å². The number of para-hydroxylation sites is 1. The van der Waals surface area contributed by atoms with Crippen molar-refractivity contribution in [3.05, 3.63) is 115 Å². The van der Waals surface area contributed by atoms with E-state index in [1.54, 1.807) is 6.20 Å². The summed E-state index contributed by atoms with van der Waals surface area (Å²) in [7, 11) is 0. The summed E-state index contributed by atoms with van der Waals surface area (Å²) in [5.74, 6) is 4.69. The summed E-state index contributed by atoms with van der Waals surface area (Å²) >= 11 is 0. The zero-order valence-corrected chi connectivity index (χ0v) is 33.7. The first kappa shape index (κ1) is 37.7. The zero-order chi connectivity index (χ0) is 36.4. The Morgan fingerprint density at radius 1 is 0.755 bits per heavy atom. The van der Waals surface area contributed by atoms with Crippen molar-refractivity contribution >= 4 is 33.4 Å². The maximum Gasteiger partial charge on any atom is 2.00 e. The van der Waals surface area contributed by atoms with Gasteiger partial charge < -0.3 is 23.8 Å². The Balaban J connectivity index is 0.00000481. The largest absolute Gasteiger partial charge is 2.00 e. The number of pyridine rings is 1. The minimum absolute atomic E-state index is 0. The van der Waals surface area contributed by atoms with Crippen LogP contribution in [0.1, 0.15) is 47.1 Å². The number of fused-ring (bicyclic) bond motifs is 3. The van der Waals surface area contributed by atoms with Gasteiger partial charge in [0.1, 0.15) is 17.4 Å². The number of nitrogens with zero attached hydrogens (tertiary/aromatic N) is 6. The smallest absolute Gasteiger partial charge is 0.509 e. The molecule has 0 amide bonds.